The van der Waals surface area contributed by atoms with Crippen LogP contribution >= 0.6 is 0 Å². The molecule has 0 aromatic heterocycles. The van der Waals surface area contributed by atoms with Gasteiger partial charge in [0.2, 0.25) is 12.2 Å². The summed E-state index contributed by atoms with van der Waals surface area (Å²) in [6.07, 6.45) is 6.00. The van der Waals surface area contributed by atoms with E-state index in [9.17, 15) is 9.59 Å². The molecular formula is C23H15N3O3. The zero-order valence-corrected chi connectivity index (χ0v) is 15.3. The first kappa shape index (κ1) is 19.5. The van der Waals surface area contributed by atoms with Crippen LogP contribution in [0.3, 0.4) is 0 Å². The smallest absolute Gasteiger partial charge is 0.292 e. The maximum Gasteiger partial charge on any atom is 0.292 e. The molecule has 3 rings (SSSR count). The zero-order valence-electron chi connectivity index (χ0n) is 15.3. The fourth-order valence-corrected chi connectivity index (χ4v) is 2.97. The van der Waals surface area contributed by atoms with Crippen molar-refractivity contribution in [1.82, 2.24) is 0 Å². The molecule has 0 spiro atoms. The van der Waals surface area contributed by atoms with E-state index in [1.807, 2.05) is 36.4 Å². The van der Waals surface area contributed by atoms with Gasteiger partial charge in [0.15, 0.2) is 0 Å². The summed E-state index contributed by atoms with van der Waals surface area (Å²) >= 11 is 0. The predicted molar refractivity (Wildman–Crippen MR) is 107 cm³/mol. The molecule has 0 aliphatic carbocycles. The van der Waals surface area contributed by atoms with Gasteiger partial charge in [0.05, 0.1) is 11.4 Å². The molecule has 0 unspecified atom stereocenters. The van der Waals surface area contributed by atoms with Crippen LogP contribution in [0.1, 0.15) is 22.3 Å². The first-order chi connectivity index (χ1) is 14.2. The van der Waals surface area contributed by atoms with E-state index in [1.165, 1.54) is 6.08 Å². The lowest BCUT2D eigenvalue weighted by molar-refractivity contribution is 0.507. The quantitative estimate of drug-likeness (QED) is 0.338. The summed E-state index contributed by atoms with van der Waals surface area (Å²) in [5.74, 6) is 0.495. The van der Waals surface area contributed by atoms with Gasteiger partial charge in [-0.3, -0.25) is 0 Å². The van der Waals surface area contributed by atoms with Crippen LogP contribution in [0.4, 0.5) is 11.4 Å². The number of isocyanates is 2. The van der Waals surface area contributed by atoms with Crippen molar-refractivity contribution in [2.75, 3.05) is 0 Å². The van der Waals surface area contributed by atoms with Gasteiger partial charge in [-0.25, -0.2) is 9.59 Å². The molecule has 0 bridgehead atoms. The van der Waals surface area contributed by atoms with Gasteiger partial charge < -0.3 is 4.74 Å². The zero-order chi connectivity index (χ0) is 20.5. The van der Waals surface area contributed by atoms with Crippen LogP contribution < -0.4 is 4.74 Å². The molecule has 0 radical (unpaired) electrons. The second-order valence-electron chi connectivity index (χ2n) is 6.23. The second-order valence-corrected chi connectivity index (χ2v) is 6.23. The average molecular weight is 381 g/mol. The summed E-state index contributed by atoms with van der Waals surface area (Å²) < 4.78 is 4.79. The van der Waals surface area contributed by atoms with Gasteiger partial charge in [-0.15, -0.1) is 5.26 Å². The highest BCUT2D eigenvalue weighted by molar-refractivity contribution is 5.57. The standard InChI is InChI=1S/C23H15N3O3/c24-14-29-22-8-3-17(4-9-22)11-19-5-10-23(26-16-28)20(13-19)12-18-1-6-21(7-2-18)25-15-27/h1-10,13H,11-12H2. The van der Waals surface area contributed by atoms with Crippen LogP contribution in [0.2, 0.25) is 0 Å². The Bertz CT molecular complexity index is 1130. The molecule has 29 heavy (non-hydrogen) atoms. The lowest BCUT2D eigenvalue weighted by Crippen LogP contribution is -1.94. The van der Waals surface area contributed by atoms with Crippen molar-refractivity contribution in [2.24, 2.45) is 9.98 Å². The van der Waals surface area contributed by atoms with Gasteiger partial charge in [-0.05, 0) is 65.4 Å². The maximum atomic E-state index is 10.8. The summed E-state index contributed by atoms with van der Waals surface area (Å²) in [5, 5.41) is 8.56. The van der Waals surface area contributed by atoms with Crippen molar-refractivity contribution in [3.05, 3.63) is 89.0 Å². The number of hydrogen-bond acceptors (Lipinski definition) is 6. The van der Waals surface area contributed by atoms with Crippen molar-refractivity contribution in [1.29, 1.82) is 5.26 Å². The Labute approximate surface area is 167 Å². The lowest BCUT2D eigenvalue weighted by Gasteiger charge is -2.09. The number of rotatable bonds is 7. The van der Waals surface area contributed by atoms with E-state index in [0.29, 0.717) is 30.0 Å². The number of carbonyl (C=O) groups excluding carboxylic acids is 2. The normalized spacial score (nSPS) is 9.62. The van der Waals surface area contributed by atoms with Crippen molar-refractivity contribution in [3.63, 3.8) is 0 Å². The largest absolute Gasteiger partial charge is 0.388 e. The first-order valence-corrected chi connectivity index (χ1v) is 8.73. The molecule has 0 saturated carbocycles. The lowest BCUT2D eigenvalue weighted by atomic mass is 9.97. The highest BCUT2D eigenvalue weighted by Gasteiger charge is 2.07. The molecule has 0 aliphatic rings. The number of nitrogens with zero attached hydrogens (tertiary/aromatic N) is 3. The minimum atomic E-state index is 0.495. The van der Waals surface area contributed by atoms with Gasteiger partial charge in [0, 0.05) is 0 Å². The molecule has 3 aromatic carbocycles. The molecule has 3 aromatic rings. The maximum absolute atomic E-state index is 10.8. The Morgan fingerprint density at radius 1 is 0.759 bits per heavy atom. The highest BCUT2D eigenvalue weighted by atomic mass is 16.5. The van der Waals surface area contributed by atoms with Gasteiger partial charge in [0.1, 0.15) is 5.75 Å². The number of benzene rings is 3. The molecule has 0 amide bonds. The number of ether oxygens (including phenoxy) is 1. The molecule has 0 saturated heterocycles. The van der Waals surface area contributed by atoms with Gasteiger partial charge in [-0.1, -0.05) is 36.4 Å². The Kier molecular flexibility index (Phi) is 6.44. The average Bonchev–Trinajstić information content (AvgIpc) is 2.73. The van der Waals surface area contributed by atoms with E-state index >= 15 is 0 Å². The first-order valence-electron chi connectivity index (χ1n) is 8.73. The molecular weight excluding hydrogens is 366 g/mol. The van der Waals surface area contributed by atoms with E-state index in [2.05, 4.69) is 9.98 Å². The fourth-order valence-electron chi connectivity index (χ4n) is 2.97. The van der Waals surface area contributed by atoms with Crippen LogP contribution in [0.25, 0.3) is 0 Å². The van der Waals surface area contributed by atoms with Crippen LogP contribution in [-0.2, 0) is 22.4 Å². The summed E-state index contributed by atoms with van der Waals surface area (Å²) in [6.45, 7) is 0. The van der Waals surface area contributed by atoms with E-state index in [4.69, 9.17) is 10.00 Å². The summed E-state index contributed by atoms with van der Waals surface area (Å²) in [6, 6.07) is 20.2. The van der Waals surface area contributed by atoms with Gasteiger partial charge >= 0.3 is 0 Å². The molecule has 6 heteroatoms. The van der Waals surface area contributed by atoms with Crippen molar-refractivity contribution in [3.8, 4) is 12.0 Å². The second kappa shape index (κ2) is 9.59. The van der Waals surface area contributed by atoms with Crippen LogP contribution in [0.5, 0.6) is 5.75 Å². The number of nitriles is 1. The Morgan fingerprint density at radius 3 is 2.03 bits per heavy atom. The van der Waals surface area contributed by atoms with Crippen molar-refractivity contribution < 1.29 is 14.3 Å². The molecule has 0 N–H and O–H groups in total. The van der Waals surface area contributed by atoms with Crippen LogP contribution in [0.15, 0.2) is 76.7 Å². The van der Waals surface area contributed by atoms with Gasteiger partial charge in [0.25, 0.3) is 6.26 Å². The van der Waals surface area contributed by atoms with Crippen LogP contribution in [-0.4, -0.2) is 12.2 Å². The van der Waals surface area contributed by atoms with E-state index < -0.39 is 0 Å². The molecule has 140 valence electrons. The molecule has 0 heterocycles. The van der Waals surface area contributed by atoms with Crippen LogP contribution in [0, 0.1) is 11.5 Å². The third-order valence-electron chi connectivity index (χ3n) is 4.31. The van der Waals surface area contributed by atoms with E-state index in [0.717, 1.165) is 22.3 Å². The van der Waals surface area contributed by atoms with E-state index in [-0.39, 0.29) is 0 Å². The molecule has 6 nitrogen and oxygen atoms in total. The van der Waals surface area contributed by atoms with Crippen molar-refractivity contribution >= 4 is 23.5 Å². The molecule has 0 atom stereocenters. The monoisotopic (exact) mass is 381 g/mol. The van der Waals surface area contributed by atoms with Crippen molar-refractivity contribution in [2.45, 2.75) is 12.8 Å². The fraction of sp³-hybridized carbons (Fsp3) is 0.0870. The molecule has 0 aliphatic heterocycles. The SMILES string of the molecule is N#COc1ccc(Cc2ccc(N=C=O)c(Cc3ccc(N=C=O)cc3)c2)cc1. The Balaban J connectivity index is 1.84. The van der Waals surface area contributed by atoms with E-state index in [1.54, 1.807) is 42.7 Å². The predicted octanol–water partition coefficient (Wildman–Crippen LogP) is 4.66. The Hall–Kier alpha value is -4.29. The topological polar surface area (TPSA) is 91.9 Å². The third kappa shape index (κ3) is 5.35. The van der Waals surface area contributed by atoms with Gasteiger partial charge in [-0.2, -0.15) is 9.98 Å². The summed E-state index contributed by atoms with van der Waals surface area (Å²) in [5.41, 5.74) is 5.10. The minimum absolute atomic E-state index is 0.495. The number of aliphatic imine (C=N–C) groups is 2. The summed E-state index contributed by atoms with van der Waals surface area (Å²) in [7, 11) is 0. The summed E-state index contributed by atoms with van der Waals surface area (Å²) in [4.78, 5) is 28.5. The molecule has 0 fully saturated rings. The minimum Gasteiger partial charge on any atom is -0.388 e. The highest BCUT2D eigenvalue weighted by Crippen LogP contribution is 2.26. The Morgan fingerprint density at radius 2 is 1.38 bits per heavy atom. The third-order valence-corrected chi connectivity index (χ3v) is 4.31. The number of hydrogen-bond donors (Lipinski definition) is 0.